The van der Waals surface area contributed by atoms with Gasteiger partial charge >= 0.3 is 0 Å². The molecule has 1 aliphatic rings. The largest absolute Gasteiger partial charge is 0.497 e. The molecule has 2 aromatic carbocycles. The van der Waals surface area contributed by atoms with E-state index in [4.69, 9.17) is 9.47 Å². The van der Waals surface area contributed by atoms with E-state index in [2.05, 4.69) is 20.3 Å². The van der Waals surface area contributed by atoms with Gasteiger partial charge in [0.1, 0.15) is 17.8 Å². The van der Waals surface area contributed by atoms with E-state index in [-0.39, 0.29) is 0 Å². The molecule has 3 aromatic rings. The number of nitrogens with zero attached hydrogens (tertiary/aromatic N) is 3. The van der Waals surface area contributed by atoms with Crippen molar-refractivity contribution >= 4 is 23.4 Å². The summed E-state index contributed by atoms with van der Waals surface area (Å²) in [6, 6.07) is 15.3. The van der Waals surface area contributed by atoms with Gasteiger partial charge in [-0.05, 0) is 24.3 Å². The Hall–Kier alpha value is -3.41. The minimum absolute atomic E-state index is 0.395. The molecule has 0 spiro atoms. The third kappa shape index (κ3) is 2.65. The topological polar surface area (TPSA) is 68.6 Å². The normalized spacial score (nSPS) is 11.7. The van der Waals surface area contributed by atoms with E-state index < -0.39 is 0 Å². The first kappa shape index (κ1) is 14.2. The van der Waals surface area contributed by atoms with Crippen LogP contribution >= 0.6 is 0 Å². The fourth-order valence-electron chi connectivity index (χ4n) is 2.38. The molecule has 0 saturated heterocycles. The van der Waals surface area contributed by atoms with Gasteiger partial charge in [-0.25, -0.2) is 9.98 Å². The molecule has 1 aromatic heterocycles. The van der Waals surface area contributed by atoms with E-state index in [1.807, 2.05) is 48.5 Å². The van der Waals surface area contributed by atoms with Gasteiger partial charge in [-0.3, -0.25) is 0 Å². The van der Waals surface area contributed by atoms with Gasteiger partial charge in [0.15, 0.2) is 11.5 Å². The van der Waals surface area contributed by atoms with Crippen molar-refractivity contribution in [3.05, 3.63) is 60.4 Å². The average molecular weight is 318 g/mol. The molecule has 6 nitrogen and oxygen atoms in total. The van der Waals surface area contributed by atoms with E-state index in [9.17, 15) is 0 Å². The SMILES string of the molecule is COc1ccc2c(c1)Oc1ncnc(Nc3ccccc3)c1N=C2. The third-order valence-electron chi connectivity index (χ3n) is 3.59. The van der Waals surface area contributed by atoms with Crippen LogP contribution in [0.1, 0.15) is 5.56 Å². The van der Waals surface area contributed by atoms with Crippen molar-refractivity contribution in [3.63, 3.8) is 0 Å². The van der Waals surface area contributed by atoms with Crippen LogP contribution in [0.5, 0.6) is 17.4 Å². The lowest BCUT2D eigenvalue weighted by molar-refractivity contribution is 0.407. The first-order chi connectivity index (χ1) is 11.8. The van der Waals surface area contributed by atoms with Crippen molar-refractivity contribution < 1.29 is 9.47 Å². The van der Waals surface area contributed by atoms with Gasteiger partial charge in [0, 0.05) is 23.5 Å². The molecule has 24 heavy (non-hydrogen) atoms. The second-order valence-corrected chi connectivity index (χ2v) is 5.13. The van der Waals surface area contributed by atoms with E-state index in [0.29, 0.717) is 28.9 Å². The fourth-order valence-corrected chi connectivity index (χ4v) is 2.38. The van der Waals surface area contributed by atoms with Crippen molar-refractivity contribution in [2.75, 3.05) is 12.4 Å². The van der Waals surface area contributed by atoms with Gasteiger partial charge in [0.25, 0.3) is 5.88 Å². The van der Waals surface area contributed by atoms with Crippen LogP contribution in [-0.2, 0) is 0 Å². The highest BCUT2D eigenvalue weighted by molar-refractivity contribution is 5.90. The van der Waals surface area contributed by atoms with Crippen molar-refractivity contribution in [1.82, 2.24) is 9.97 Å². The Morgan fingerprint density at radius 1 is 1.04 bits per heavy atom. The first-order valence-electron chi connectivity index (χ1n) is 7.40. The van der Waals surface area contributed by atoms with Crippen molar-refractivity contribution in [2.24, 2.45) is 4.99 Å². The predicted octanol–water partition coefficient (Wildman–Crippen LogP) is 4.09. The number of hydrogen-bond donors (Lipinski definition) is 1. The summed E-state index contributed by atoms with van der Waals surface area (Å²) in [4.78, 5) is 13.0. The van der Waals surface area contributed by atoms with Crippen LogP contribution in [0.25, 0.3) is 0 Å². The Kier molecular flexibility index (Phi) is 3.55. The molecule has 4 rings (SSSR count). The molecule has 0 fully saturated rings. The Morgan fingerprint density at radius 2 is 1.92 bits per heavy atom. The van der Waals surface area contributed by atoms with Gasteiger partial charge < -0.3 is 14.8 Å². The van der Waals surface area contributed by atoms with E-state index in [1.165, 1.54) is 6.33 Å². The van der Waals surface area contributed by atoms with Crippen LogP contribution in [0.2, 0.25) is 0 Å². The van der Waals surface area contributed by atoms with Crippen molar-refractivity contribution in [3.8, 4) is 17.4 Å². The molecular weight excluding hydrogens is 304 g/mol. The van der Waals surface area contributed by atoms with Crippen LogP contribution in [0, 0.1) is 0 Å². The van der Waals surface area contributed by atoms with Gasteiger partial charge in [0.2, 0.25) is 0 Å². The summed E-state index contributed by atoms with van der Waals surface area (Å²) >= 11 is 0. The molecule has 0 unspecified atom stereocenters. The molecule has 0 saturated carbocycles. The summed E-state index contributed by atoms with van der Waals surface area (Å²) in [5, 5.41) is 3.24. The van der Waals surface area contributed by atoms with Crippen LogP contribution in [-0.4, -0.2) is 23.3 Å². The Bertz CT molecular complexity index is 910. The smallest absolute Gasteiger partial charge is 0.250 e. The third-order valence-corrected chi connectivity index (χ3v) is 3.59. The van der Waals surface area contributed by atoms with Crippen LogP contribution in [0.15, 0.2) is 59.9 Å². The summed E-state index contributed by atoms with van der Waals surface area (Å²) in [7, 11) is 1.62. The highest BCUT2D eigenvalue weighted by Gasteiger charge is 2.18. The summed E-state index contributed by atoms with van der Waals surface area (Å²) in [6.45, 7) is 0. The quantitative estimate of drug-likeness (QED) is 0.616. The number of benzene rings is 2. The van der Waals surface area contributed by atoms with Gasteiger partial charge in [0.05, 0.1) is 7.11 Å². The zero-order valence-electron chi connectivity index (χ0n) is 12.9. The lowest BCUT2D eigenvalue weighted by atomic mass is 10.2. The number of para-hydroxylation sites is 1. The molecule has 1 N–H and O–H groups in total. The minimum Gasteiger partial charge on any atom is -0.497 e. The number of aromatic nitrogens is 2. The average Bonchev–Trinajstić information content (AvgIpc) is 2.81. The van der Waals surface area contributed by atoms with E-state index in [1.54, 1.807) is 13.3 Å². The second kappa shape index (κ2) is 6.00. The van der Waals surface area contributed by atoms with Gasteiger partial charge in [-0.2, -0.15) is 4.98 Å². The number of hydrogen-bond acceptors (Lipinski definition) is 6. The molecule has 0 bridgehead atoms. The number of rotatable bonds is 3. The summed E-state index contributed by atoms with van der Waals surface area (Å²) < 4.78 is 11.2. The number of aliphatic imine (C=N–C) groups is 1. The van der Waals surface area contributed by atoms with Crippen LogP contribution in [0.4, 0.5) is 17.2 Å². The maximum atomic E-state index is 5.93. The first-order valence-corrected chi connectivity index (χ1v) is 7.40. The minimum atomic E-state index is 0.395. The number of methoxy groups -OCH3 is 1. The Morgan fingerprint density at radius 3 is 2.75 bits per heavy atom. The maximum absolute atomic E-state index is 5.93. The number of fused-ring (bicyclic) bond motifs is 2. The molecule has 118 valence electrons. The van der Waals surface area contributed by atoms with E-state index in [0.717, 1.165) is 11.3 Å². The zero-order chi connectivity index (χ0) is 16.4. The molecule has 2 heterocycles. The molecule has 0 amide bonds. The summed E-state index contributed by atoms with van der Waals surface area (Å²) in [6.07, 6.45) is 3.19. The lowest BCUT2D eigenvalue weighted by Gasteiger charge is -2.11. The molecule has 6 heteroatoms. The monoisotopic (exact) mass is 318 g/mol. The fraction of sp³-hybridized carbons (Fsp3) is 0.0556. The standard InChI is InChI=1S/C18H14N4O2/c1-23-14-8-7-12-10-19-16-17(22-13-5-3-2-4-6-13)20-11-21-18(16)24-15(12)9-14/h2-11H,1H3,(H,20,21,22). The molecule has 0 radical (unpaired) electrons. The molecule has 0 aliphatic carbocycles. The summed E-state index contributed by atoms with van der Waals surface area (Å²) in [5.41, 5.74) is 2.31. The zero-order valence-corrected chi connectivity index (χ0v) is 12.9. The number of anilines is 2. The van der Waals surface area contributed by atoms with Crippen LogP contribution in [0.3, 0.4) is 0 Å². The predicted molar refractivity (Wildman–Crippen MR) is 92.1 cm³/mol. The van der Waals surface area contributed by atoms with Crippen LogP contribution < -0.4 is 14.8 Å². The number of ether oxygens (including phenoxy) is 2. The second-order valence-electron chi connectivity index (χ2n) is 5.13. The lowest BCUT2D eigenvalue weighted by Crippen LogP contribution is -1.97. The van der Waals surface area contributed by atoms with Crippen molar-refractivity contribution in [2.45, 2.75) is 0 Å². The maximum Gasteiger partial charge on any atom is 0.250 e. The number of nitrogens with one attached hydrogen (secondary N) is 1. The van der Waals surface area contributed by atoms with Gasteiger partial charge in [-0.1, -0.05) is 18.2 Å². The summed E-state index contributed by atoms with van der Waals surface area (Å²) in [5.74, 6) is 2.33. The highest BCUT2D eigenvalue weighted by Crippen LogP contribution is 2.39. The Balaban J connectivity index is 1.74. The molecule has 1 aliphatic heterocycles. The molecule has 0 atom stereocenters. The van der Waals surface area contributed by atoms with Crippen molar-refractivity contribution in [1.29, 1.82) is 0 Å². The highest BCUT2D eigenvalue weighted by atomic mass is 16.5. The van der Waals surface area contributed by atoms with E-state index >= 15 is 0 Å². The van der Waals surface area contributed by atoms with Gasteiger partial charge in [-0.15, -0.1) is 0 Å². The Labute approximate surface area is 138 Å². The molecular formula is C18H14N4O2.